The van der Waals surface area contributed by atoms with Crippen LogP contribution in [0.2, 0.25) is 0 Å². The molecule has 0 aliphatic heterocycles. The average molecular weight is 167 g/mol. The van der Waals surface area contributed by atoms with Crippen molar-refractivity contribution >= 4 is 0 Å². The summed E-state index contributed by atoms with van der Waals surface area (Å²) >= 11 is 0. The Kier molecular flexibility index (Phi) is 7.33. The Morgan fingerprint density at radius 2 is 2.17 bits per heavy atom. The molecule has 0 aliphatic rings. The van der Waals surface area contributed by atoms with Gasteiger partial charge in [-0.1, -0.05) is 25.2 Å². The monoisotopic (exact) mass is 167 g/mol. The largest absolute Gasteiger partial charge is 0.327 e. The van der Waals surface area contributed by atoms with Crippen molar-refractivity contribution in [2.24, 2.45) is 11.6 Å². The van der Waals surface area contributed by atoms with Crippen LogP contribution < -0.4 is 17.0 Å². The molecule has 0 atom stereocenters. The Hall–Kier alpha value is -1.06. The van der Waals surface area contributed by atoms with Crippen LogP contribution in [0, 0.1) is 0 Å². The lowest BCUT2D eigenvalue weighted by Crippen LogP contribution is -2.19. The van der Waals surface area contributed by atoms with Crippen LogP contribution in [-0.4, -0.2) is 6.54 Å². The van der Waals surface area contributed by atoms with E-state index >= 15 is 0 Å². The molecule has 0 aromatic carbocycles. The Bertz CT molecular complexity index is 180. The molecule has 12 heavy (non-hydrogen) atoms. The van der Waals surface area contributed by atoms with Gasteiger partial charge in [-0.25, -0.2) is 0 Å². The molecule has 0 heterocycles. The van der Waals surface area contributed by atoms with Crippen molar-refractivity contribution in [3.05, 3.63) is 36.1 Å². The van der Waals surface area contributed by atoms with Gasteiger partial charge in [0.05, 0.1) is 0 Å². The summed E-state index contributed by atoms with van der Waals surface area (Å²) in [5, 5.41) is 0. The molecule has 0 unspecified atom stereocenters. The second-order valence-electron chi connectivity index (χ2n) is 2.24. The summed E-state index contributed by atoms with van der Waals surface area (Å²) in [6.07, 6.45) is 10.6. The van der Waals surface area contributed by atoms with Crippen molar-refractivity contribution in [1.29, 1.82) is 0 Å². The van der Waals surface area contributed by atoms with Crippen LogP contribution in [0.15, 0.2) is 36.1 Å². The number of nitrogens with one attached hydrogen (secondary N) is 1. The van der Waals surface area contributed by atoms with E-state index in [0.717, 1.165) is 12.1 Å². The summed E-state index contributed by atoms with van der Waals surface area (Å²) in [6.45, 7) is 2.60. The van der Waals surface area contributed by atoms with Gasteiger partial charge in [0, 0.05) is 12.2 Å². The smallest absolute Gasteiger partial charge is 0.0482 e. The van der Waals surface area contributed by atoms with E-state index in [0.29, 0.717) is 6.54 Å². The molecule has 0 amide bonds. The van der Waals surface area contributed by atoms with Crippen LogP contribution in [0.5, 0.6) is 0 Å². The average Bonchev–Trinajstić information content (AvgIpc) is 2.11. The van der Waals surface area contributed by atoms with Crippen molar-refractivity contribution in [3.8, 4) is 0 Å². The summed E-state index contributed by atoms with van der Waals surface area (Å²) in [5.74, 6) is 5.25. The zero-order chi connectivity index (χ0) is 9.23. The molecule has 0 aromatic rings. The second-order valence-corrected chi connectivity index (χ2v) is 2.24. The Morgan fingerprint density at radius 3 is 2.67 bits per heavy atom. The fraction of sp³-hybridized carbons (Fsp3) is 0.333. The van der Waals surface area contributed by atoms with E-state index in [1.54, 1.807) is 0 Å². The quantitative estimate of drug-likeness (QED) is 0.322. The molecule has 0 spiro atoms. The molecule has 3 nitrogen and oxygen atoms in total. The first-order chi connectivity index (χ1) is 5.85. The molecule has 0 radical (unpaired) electrons. The highest BCUT2D eigenvalue weighted by Crippen LogP contribution is 1.91. The first kappa shape index (κ1) is 10.9. The third kappa shape index (κ3) is 5.70. The number of hydrogen-bond acceptors (Lipinski definition) is 3. The number of hydrazine groups is 1. The van der Waals surface area contributed by atoms with Crippen LogP contribution in [-0.2, 0) is 0 Å². The fourth-order valence-corrected chi connectivity index (χ4v) is 0.655. The van der Waals surface area contributed by atoms with Crippen molar-refractivity contribution in [2.75, 3.05) is 6.54 Å². The highest BCUT2D eigenvalue weighted by Gasteiger charge is 1.81. The summed E-state index contributed by atoms with van der Waals surface area (Å²) in [5.41, 5.74) is 8.70. The van der Waals surface area contributed by atoms with Crippen molar-refractivity contribution in [3.63, 3.8) is 0 Å². The third-order valence-corrected chi connectivity index (χ3v) is 1.25. The number of nitrogens with two attached hydrogens (primary N) is 2. The minimum absolute atomic E-state index is 0.524. The van der Waals surface area contributed by atoms with Gasteiger partial charge in [0.2, 0.25) is 0 Å². The molecule has 0 aliphatic carbocycles. The fourth-order valence-electron chi connectivity index (χ4n) is 0.655. The van der Waals surface area contributed by atoms with E-state index in [1.165, 1.54) is 0 Å². The lowest BCUT2D eigenvalue weighted by atomic mass is 10.3. The van der Waals surface area contributed by atoms with Gasteiger partial charge in [-0.15, -0.1) is 0 Å². The molecule has 0 saturated carbocycles. The van der Waals surface area contributed by atoms with Crippen LogP contribution in [0.25, 0.3) is 0 Å². The highest BCUT2D eigenvalue weighted by molar-refractivity contribution is 5.21. The van der Waals surface area contributed by atoms with Crippen molar-refractivity contribution in [2.45, 2.75) is 13.3 Å². The SMILES string of the molecule is CC\C=C/C=C(\C=C/CN)NN. The van der Waals surface area contributed by atoms with Gasteiger partial charge < -0.3 is 11.2 Å². The number of allylic oxidation sites excluding steroid dienone is 4. The summed E-state index contributed by atoms with van der Waals surface area (Å²) < 4.78 is 0. The third-order valence-electron chi connectivity index (χ3n) is 1.25. The van der Waals surface area contributed by atoms with E-state index in [1.807, 2.05) is 30.4 Å². The maximum absolute atomic E-state index is 5.29. The van der Waals surface area contributed by atoms with Gasteiger partial charge in [-0.3, -0.25) is 5.84 Å². The molecule has 0 rings (SSSR count). The van der Waals surface area contributed by atoms with Crippen LogP contribution in [0.1, 0.15) is 13.3 Å². The first-order valence-corrected chi connectivity index (χ1v) is 4.05. The lowest BCUT2D eigenvalue weighted by Gasteiger charge is -1.96. The summed E-state index contributed by atoms with van der Waals surface area (Å²) in [4.78, 5) is 0. The molecule has 68 valence electrons. The van der Waals surface area contributed by atoms with Crippen LogP contribution >= 0.6 is 0 Å². The predicted molar refractivity (Wildman–Crippen MR) is 53.0 cm³/mol. The predicted octanol–water partition coefficient (Wildman–Crippen LogP) is 0.815. The zero-order valence-electron chi connectivity index (χ0n) is 7.46. The molecular formula is C9H17N3. The summed E-state index contributed by atoms with van der Waals surface area (Å²) in [7, 11) is 0. The lowest BCUT2D eigenvalue weighted by molar-refractivity contribution is 0.915. The molecule has 3 heteroatoms. The number of hydrogen-bond donors (Lipinski definition) is 3. The maximum Gasteiger partial charge on any atom is 0.0482 e. The van der Waals surface area contributed by atoms with Gasteiger partial charge >= 0.3 is 0 Å². The van der Waals surface area contributed by atoms with E-state index < -0.39 is 0 Å². The zero-order valence-corrected chi connectivity index (χ0v) is 7.46. The maximum atomic E-state index is 5.29. The van der Waals surface area contributed by atoms with Crippen molar-refractivity contribution in [1.82, 2.24) is 5.43 Å². The van der Waals surface area contributed by atoms with Gasteiger partial charge in [0.1, 0.15) is 0 Å². The molecular weight excluding hydrogens is 150 g/mol. The Morgan fingerprint density at radius 1 is 1.42 bits per heavy atom. The number of rotatable bonds is 5. The molecule has 0 aromatic heterocycles. The summed E-state index contributed by atoms with van der Waals surface area (Å²) in [6, 6.07) is 0. The van der Waals surface area contributed by atoms with Gasteiger partial charge in [-0.2, -0.15) is 0 Å². The standard InChI is InChI=1S/C9H17N3/c1-2-3-4-6-9(12-11)7-5-8-10/h3-7,12H,2,8,10-11H2,1H3/b4-3-,7-5-,9-6+. The van der Waals surface area contributed by atoms with E-state index in [2.05, 4.69) is 12.3 Å². The second kappa shape index (κ2) is 8.04. The van der Waals surface area contributed by atoms with Gasteiger partial charge in [0.15, 0.2) is 0 Å². The first-order valence-electron chi connectivity index (χ1n) is 4.05. The van der Waals surface area contributed by atoms with Crippen LogP contribution in [0.4, 0.5) is 0 Å². The molecule has 0 saturated heterocycles. The topological polar surface area (TPSA) is 64.1 Å². The van der Waals surface area contributed by atoms with Gasteiger partial charge in [0.25, 0.3) is 0 Å². The Labute approximate surface area is 73.8 Å². The molecule has 5 N–H and O–H groups in total. The van der Waals surface area contributed by atoms with E-state index in [9.17, 15) is 0 Å². The normalized spacial score (nSPS) is 13.1. The molecule has 0 fully saturated rings. The minimum Gasteiger partial charge on any atom is -0.327 e. The van der Waals surface area contributed by atoms with Crippen molar-refractivity contribution < 1.29 is 0 Å². The van der Waals surface area contributed by atoms with E-state index in [4.69, 9.17) is 11.6 Å². The molecule has 0 bridgehead atoms. The Balaban J connectivity index is 4.03. The van der Waals surface area contributed by atoms with Gasteiger partial charge in [-0.05, 0) is 18.6 Å². The van der Waals surface area contributed by atoms with E-state index in [-0.39, 0.29) is 0 Å². The highest BCUT2D eigenvalue weighted by atomic mass is 15.2. The van der Waals surface area contributed by atoms with Crippen LogP contribution in [0.3, 0.4) is 0 Å². The minimum atomic E-state index is 0.524.